The Morgan fingerprint density at radius 1 is 0.265 bits per heavy atom. The molecule has 0 aliphatic rings. The van der Waals surface area contributed by atoms with Gasteiger partial charge in [0.1, 0.15) is 0 Å². The van der Waals surface area contributed by atoms with Crippen molar-refractivity contribution in [1.82, 2.24) is 18.3 Å². The number of fused-ring (bicyclic) bond motifs is 13. The van der Waals surface area contributed by atoms with Gasteiger partial charge in [-0.2, -0.15) is 0 Å². The van der Waals surface area contributed by atoms with Crippen LogP contribution in [-0.4, -0.2) is 23.9 Å². The molecule has 3 N–H and O–H groups in total. The van der Waals surface area contributed by atoms with Gasteiger partial charge in [0.05, 0.1) is 49.8 Å². The van der Waals surface area contributed by atoms with E-state index in [9.17, 15) is 5.11 Å². The molecule has 4 aromatic heterocycles. The molecule has 0 amide bonds. The van der Waals surface area contributed by atoms with Crippen LogP contribution in [0.1, 0.15) is 50.5 Å². The second-order valence-electron chi connectivity index (χ2n) is 34.1. The molecule has 4 heterocycles. The van der Waals surface area contributed by atoms with Gasteiger partial charge in [-0.05, 0) is 279 Å². The number of halogens is 1. The molecule has 0 unspecified atom stereocenters. The van der Waals surface area contributed by atoms with E-state index in [1.807, 2.05) is 31.2 Å². The van der Waals surface area contributed by atoms with E-state index in [1.165, 1.54) is 141 Å². The van der Waals surface area contributed by atoms with Crippen molar-refractivity contribution in [1.29, 1.82) is 0 Å². The van der Waals surface area contributed by atoms with Crippen molar-refractivity contribution in [3.05, 3.63) is 475 Å². The number of rotatable bonds is 13. The molecule has 0 spiro atoms. The number of hydrogen-bond donors (Lipinski definition) is 2. The van der Waals surface area contributed by atoms with Crippen LogP contribution in [-0.2, 0) is 0 Å². The van der Waals surface area contributed by atoms with E-state index >= 15 is 0 Å². The summed E-state index contributed by atoms with van der Waals surface area (Å²) in [6, 6.07) is 161. The maximum Gasteiger partial charge on any atom is 1.00 e. The van der Waals surface area contributed by atoms with E-state index in [2.05, 4.69) is 501 Å². The SMILES string of the molecule is C.CC(C)(C)[O-].Cc1ccc(N(c2ccc(-c3ccc(N(c4ccc(C)cc4)c4ccc5c(c4)c4ccccc4n5-c4ccccc4)c4ccccc34)cc2)c2ccc3c(c2)c2ccccc2n3-c2ccccc2)cc1.Cc1ccc(N)cc1.Cc1ccc(Nc2ccc3c(c2)c2ccccc2n3-c2ccccc2)cc1.Ic1ccc2c(c1)c1ccccc1n2-c1ccccc1.[Na+]. The van der Waals surface area contributed by atoms with Crippen molar-refractivity contribution in [2.24, 2.45) is 0 Å². The van der Waals surface area contributed by atoms with E-state index in [0.29, 0.717) is 0 Å². The van der Waals surface area contributed by atoms with Crippen LogP contribution in [0.4, 0.5) is 51.2 Å². The summed E-state index contributed by atoms with van der Waals surface area (Å²) < 4.78 is 10.7. The molecule has 23 aromatic rings. The molecule has 0 radical (unpaired) electrons. The van der Waals surface area contributed by atoms with Crippen LogP contribution in [0.25, 0.3) is 132 Å². The first-order valence-electron chi connectivity index (χ1n) is 44.2. The zero-order chi connectivity index (χ0) is 88.9. The molecule has 0 fully saturated rings. The topological polar surface area (TPSA) is 87.3 Å². The molecule has 11 heteroatoms. The molecule has 9 nitrogen and oxygen atoms in total. The molecule has 19 aromatic carbocycles. The van der Waals surface area contributed by atoms with E-state index in [0.717, 1.165) is 68.1 Å². The Bertz CT molecular complexity index is 7940. The summed E-state index contributed by atoms with van der Waals surface area (Å²) in [5, 5.41) is 26.1. The van der Waals surface area contributed by atoms with Crippen LogP contribution in [0.15, 0.2) is 449 Å². The number of aromatic nitrogens is 4. The standard InChI is InChI=1S/C66H48N4.C25H20N2.C18H12IN.C7H9N.C4H9O.CH4.Na/c1-45-25-31-50(32-26-45)67(53-37-40-65-60(43-53)58-21-11-13-23-62(58)69(65)48-15-5-3-6-16-48)51-35-29-47(30-36-51)55-39-42-64(57-20-10-9-19-56(55)57)68(52-33-27-46(2)28-34-52)54-38-41-66-61(44-54)59-22-12-14-24-63(59)70(66)49-17-7-4-8-18-49;1-18-11-13-19(14-12-18)26-20-15-16-25-23(17-20)22-9-5-6-10-24(22)27(25)21-7-3-2-4-8-21;19-13-10-11-18-16(12-13)15-8-4-5-9-17(15)20(18)14-6-2-1-3-7-14;1-6-2-4-7(8)5-3-6;1-4(2,3)5;;/h3-44H,1-2H3;2-17,26H,1H3;1-12H;2-5H,8H2,1H3;1-3H3;1H4;/q;;;;-1;;+1. The van der Waals surface area contributed by atoms with E-state index in [1.54, 1.807) is 20.8 Å². The molecule has 0 aliphatic carbocycles. The molecule has 23 rings (SSSR count). The molecule has 0 saturated heterocycles. The fourth-order valence-corrected chi connectivity index (χ4v) is 18.3. The van der Waals surface area contributed by atoms with E-state index in [4.69, 9.17) is 5.73 Å². The zero-order valence-corrected chi connectivity index (χ0v) is 78.9. The van der Waals surface area contributed by atoms with Crippen LogP contribution in [0.2, 0.25) is 0 Å². The Morgan fingerprint density at radius 2 is 0.545 bits per heavy atom. The summed E-state index contributed by atoms with van der Waals surface area (Å²) in [4.78, 5) is 4.81. The maximum absolute atomic E-state index is 10.1. The third-order valence-electron chi connectivity index (χ3n) is 23.8. The molecule has 0 saturated carbocycles. The van der Waals surface area contributed by atoms with Crippen LogP contribution in [0.5, 0.6) is 0 Å². The van der Waals surface area contributed by atoms with Gasteiger partial charge in [-0.1, -0.05) is 287 Å². The third kappa shape index (κ3) is 18.9. The molecular formula is C121H102IN8NaO. The maximum atomic E-state index is 10.1. The van der Waals surface area contributed by atoms with Crippen molar-refractivity contribution >= 4 is 172 Å². The summed E-state index contributed by atoms with van der Waals surface area (Å²) in [6.45, 7) is 13.3. The Kier molecular flexibility index (Phi) is 26.8. The minimum Gasteiger partial charge on any atom is -0.850 e. The number of aryl methyl sites for hydroxylation is 4. The number of nitrogens with two attached hydrogens (primary N) is 1. The number of para-hydroxylation sites is 8. The first kappa shape index (κ1) is 89.5. The van der Waals surface area contributed by atoms with Gasteiger partial charge in [0, 0.05) is 120 Å². The van der Waals surface area contributed by atoms with E-state index in [-0.39, 0.29) is 37.0 Å². The van der Waals surface area contributed by atoms with Crippen LogP contribution in [0, 0.1) is 31.3 Å². The first-order chi connectivity index (χ1) is 63.5. The van der Waals surface area contributed by atoms with Crippen molar-refractivity contribution in [3.63, 3.8) is 0 Å². The average Bonchev–Trinajstić information content (AvgIpc) is 1.62. The fraction of sp³-hybridized carbons (Fsp3) is 0.0744. The second kappa shape index (κ2) is 39.5. The monoisotopic (exact) mass is 1830 g/mol. The number of benzene rings is 19. The van der Waals surface area contributed by atoms with Crippen LogP contribution in [0.3, 0.4) is 0 Å². The van der Waals surface area contributed by atoms with Crippen LogP contribution < -0.4 is 55.5 Å². The summed E-state index contributed by atoms with van der Waals surface area (Å²) in [5.74, 6) is 0. The van der Waals surface area contributed by atoms with Gasteiger partial charge < -0.3 is 44.2 Å². The van der Waals surface area contributed by atoms with Crippen molar-refractivity contribution in [2.75, 3.05) is 20.9 Å². The van der Waals surface area contributed by atoms with Gasteiger partial charge in [0.2, 0.25) is 0 Å². The molecular weight excluding hydrogens is 1730 g/mol. The van der Waals surface area contributed by atoms with Gasteiger partial charge >= 0.3 is 29.6 Å². The van der Waals surface area contributed by atoms with Gasteiger partial charge in [-0.15, -0.1) is 5.60 Å². The summed E-state index contributed by atoms with van der Waals surface area (Å²) >= 11 is 2.38. The van der Waals surface area contributed by atoms with Crippen molar-refractivity contribution < 1.29 is 34.7 Å². The fourth-order valence-electron chi connectivity index (χ4n) is 17.8. The summed E-state index contributed by atoms with van der Waals surface area (Å²) in [6.07, 6.45) is 0. The summed E-state index contributed by atoms with van der Waals surface area (Å²) in [7, 11) is 0. The quantitative estimate of drug-likeness (QED) is 0.0682. The number of nitrogen functional groups attached to an aromatic ring is 1. The van der Waals surface area contributed by atoms with Crippen molar-refractivity contribution in [2.45, 2.75) is 61.5 Å². The molecule has 0 aliphatic heterocycles. The normalized spacial score (nSPS) is 11.1. The number of nitrogens with zero attached hydrogens (tertiary/aromatic N) is 6. The van der Waals surface area contributed by atoms with Gasteiger partial charge in [-0.3, -0.25) is 0 Å². The van der Waals surface area contributed by atoms with Gasteiger partial charge in [0.25, 0.3) is 0 Å². The molecule has 0 bridgehead atoms. The summed E-state index contributed by atoms with van der Waals surface area (Å²) in [5.41, 5.74) is 36.1. The Hall–Kier alpha value is -14.5. The Morgan fingerprint density at radius 3 is 0.939 bits per heavy atom. The predicted octanol–water partition coefficient (Wildman–Crippen LogP) is 29.8. The number of nitrogens with one attached hydrogen (secondary N) is 1. The number of anilines is 9. The van der Waals surface area contributed by atoms with Crippen molar-refractivity contribution in [3.8, 4) is 33.9 Å². The largest absolute Gasteiger partial charge is 1.00 e. The first-order valence-corrected chi connectivity index (χ1v) is 45.3. The van der Waals surface area contributed by atoms with Crippen LogP contribution >= 0.6 is 22.6 Å². The van der Waals surface area contributed by atoms with Gasteiger partial charge in [0.15, 0.2) is 0 Å². The molecule has 640 valence electrons. The zero-order valence-electron chi connectivity index (χ0n) is 74.8. The number of hydrogen-bond acceptors (Lipinski definition) is 5. The van der Waals surface area contributed by atoms with E-state index < -0.39 is 5.60 Å². The third-order valence-corrected chi connectivity index (χ3v) is 24.4. The average molecular weight is 1830 g/mol. The van der Waals surface area contributed by atoms with Gasteiger partial charge in [-0.25, -0.2) is 0 Å². The molecule has 132 heavy (non-hydrogen) atoms. The molecule has 0 atom stereocenters. The minimum atomic E-state index is -0.750. The smallest absolute Gasteiger partial charge is 0.850 e. The Balaban J connectivity index is 0.000000158. The minimum absolute atomic E-state index is 0. The second-order valence-corrected chi connectivity index (χ2v) is 35.4. The Labute approximate surface area is 808 Å². The predicted molar refractivity (Wildman–Crippen MR) is 568 cm³/mol.